The Morgan fingerprint density at radius 2 is 1.70 bits per heavy atom. The number of pyridine rings is 1. The summed E-state index contributed by atoms with van der Waals surface area (Å²) in [5.41, 5.74) is 9.78. The van der Waals surface area contributed by atoms with Crippen molar-refractivity contribution in [3.05, 3.63) is 114 Å². The Kier molecular flexibility index (Phi) is 7.23. The maximum atomic E-state index is 12.9. The third kappa shape index (κ3) is 5.50. The summed E-state index contributed by atoms with van der Waals surface area (Å²) < 4.78 is 1.83. The monoisotopic (exact) mass is 606 g/mol. The molecule has 4 aromatic heterocycles. The van der Waals surface area contributed by atoms with Crippen molar-refractivity contribution in [1.29, 1.82) is 0 Å². The first-order valence-electron chi connectivity index (χ1n) is 15.8. The second-order valence-electron chi connectivity index (χ2n) is 12.1. The van der Waals surface area contributed by atoms with E-state index in [1.165, 1.54) is 5.56 Å². The molecule has 7 aromatic rings. The molecule has 8 rings (SSSR count). The minimum Gasteiger partial charge on any atom is -0.349 e. The lowest BCUT2D eigenvalue weighted by molar-refractivity contribution is -0.126. The number of carbonyl (C=O) groups excluding carboxylic acids is 1. The summed E-state index contributed by atoms with van der Waals surface area (Å²) in [6, 6.07) is 31.2. The van der Waals surface area contributed by atoms with E-state index in [9.17, 15) is 4.79 Å². The van der Waals surface area contributed by atoms with Crippen molar-refractivity contribution < 1.29 is 4.79 Å². The number of aromatic amines is 1. The van der Waals surface area contributed by atoms with Crippen LogP contribution in [0.5, 0.6) is 0 Å². The topological polar surface area (TPSA) is 104 Å². The van der Waals surface area contributed by atoms with Crippen molar-refractivity contribution >= 4 is 33.6 Å². The smallest absolute Gasteiger partial charge is 0.223 e. The predicted octanol–water partition coefficient (Wildman–Crippen LogP) is 6.32. The van der Waals surface area contributed by atoms with Gasteiger partial charge in [-0.05, 0) is 62.2 Å². The number of amides is 1. The van der Waals surface area contributed by atoms with E-state index in [-0.39, 0.29) is 11.8 Å². The zero-order valence-electron chi connectivity index (χ0n) is 25.6. The van der Waals surface area contributed by atoms with Gasteiger partial charge in [0.2, 0.25) is 5.91 Å². The number of hydrogen-bond acceptors (Lipinski definition) is 6. The number of benzene rings is 3. The molecule has 0 unspecified atom stereocenters. The Hall–Kier alpha value is -5.41. The summed E-state index contributed by atoms with van der Waals surface area (Å²) in [5, 5.41) is 8.70. The molecule has 5 heterocycles. The molecule has 0 spiro atoms. The number of H-pyrrole nitrogens is 1. The van der Waals surface area contributed by atoms with Crippen LogP contribution in [0.3, 0.4) is 0 Å². The van der Waals surface area contributed by atoms with Crippen molar-refractivity contribution in [2.45, 2.75) is 32.9 Å². The number of imidazole rings is 1. The molecule has 1 saturated heterocycles. The summed E-state index contributed by atoms with van der Waals surface area (Å²) in [6.07, 6.45) is 3.58. The molecule has 3 aromatic carbocycles. The van der Waals surface area contributed by atoms with E-state index < -0.39 is 0 Å². The van der Waals surface area contributed by atoms with Crippen molar-refractivity contribution in [2.24, 2.45) is 5.92 Å². The number of hydrogen-bond donors (Lipinski definition) is 2. The van der Waals surface area contributed by atoms with Crippen molar-refractivity contribution in [3.63, 3.8) is 0 Å². The molecule has 0 bridgehead atoms. The van der Waals surface area contributed by atoms with Gasteiger partial charge in [-0.1, -0.05) is 66.7 Å². The number of piperidine rings is 1. The predicted molar refractivity (Wildman–Crippen MR) is 180 cm³/mol. The van der Waals surface area contributed by atoms with Gasteiger partial charge in [0, 0.05) is 41.2 Å². The van der Waals surface area contributed by atoms with E-state index in [1.807, 2.05) is 54.0 Å². The van der Waals surface area contributed by atoms with Crippen LogP contribution in [0.25, 0.3) is 50.1 Å². The number of aryl methyl sites for hydroxylation is 1. The molecule has 1 aliphatic rings. The third-order valence-corrected chi connectivity index (χ3v) is 8.93. The second kappa shape index (κ2) is 11.8. The average Bonchev–Trinajstić information content (AvgIpc) is 3.70. The van der Waals surface area contributed by atoms with Gasteiger partial charge in [-0.25, -0.2) is 15.0 Å². The van der Waals surface area contributed by atoms with Gasteiger partial charge in [-0.15, -0.1) is 0 Å². The zero-order chi connectivity index (χ0) is 31.0. The van der Waals surface area contributed by atoms with E-state index in [1.54, 1.807) is 0 Å². The van der Waals surface area contributed by atoms with Crippen LogP contribution in [0.4, 0.5) is 0 Å². The van der Waals surface area contributed by atoms with E-state index in [0.717, 1.165) is 94.1 Å². The molecular weight excluding hydrogens is 572 g/mol. The van der Waals surface area contributed by atoms with Crippen LogP contribution in [0, 0.1) is 12.8 Å². The first-order valence-corrected chi connectivity index (χ1v) is 15.8. The van der Waals surface area contributed by atoms with Crippen molar-refractivity contribution in [1.82, 2.24) is 39.8 Å². The Balaban J connectivity index is 0.955. The van der Waals surface area contributed by atoms with Crippen LogP contribution < -0.4 is 5.32 Å². The number of likely N-dealkylation sites (tertiary alicyclic amines) is 1. The maximum absolute atomic E-state index is 12.9. The average molecular weight is 607 g/mol. The minimum absolute atomic E-state index is 0.0265. The van der Waals surface area contributed by atoms with E-state index in [2.05, 4.69) is 84.9 Å². The zero-order valence-corrected chi connectivity index (χ0v) is 25.6. The number of rotatable bonds is 7. The number of fused-ring (bicyclic) bond motifs is 4. The molecular formula is C37H34N8O. The number of carbonyl (C=O) groups is 1. The molecule has 1 aliphatic heterocycles. The fourth-order valence-electron chi connectivity index (χ4n) is 6.49. The molecule has 0 saturated carbocycles. The number of para-hydroxylation sites is 2. The van der Waals surface area contributed by atoms with Gasteiger partial charge < -0.3 is 10.3 Å². The molecule has 2 N–H and O–H groups in total. The fourth-order valence-corrected chi connectivity index (χ4v) is 6.49. The van der Waals surface area contributed by atoms with Crippen molar-refractivity contribution in [2.75, 3.05) is 13.1 Å². The Morgan fingerprint density at radius 1 is 0.913 bits per heavy atom. The number of aromatic nitrogens is 6. The van der Waals surface area contributed by atoms with Crippen molar-refractivity contribution in [3.8, 4) is 22.4 Å². The molecule has 9 nitrogen and oxygen atoms in total. The lowest BCUT2D eigenvalue weighted by atomic mass is 9.95. The first-order chi connectivity index (χ1) is 22.6. The van der Waals surface area contributed by atoms with Gasteiger partial charge in [0.1, 0.15) is 5.82 Å². The van der Waals surface area contributed by atoms with E-state index in [0.29, 0.717) is 6.54 Å². The molecule has 0 aliphatic carbocycles. The van der Waals surface area contributed by atoms with Crippen LogP contribution in [-0.4, -0.2) is 53.4 Å². The standard InChI is InChI=1S/C37H34N8O/c1-24-19-34-38-21-29-20-30(26-7-3-2-4-8-26)35(42-36(29)45(34)43-24)27-13-11-25(12-14-27)23-44-17-15-28(16-18-44)37(46)39-22-33-40-31-9-5-6-10-32(31)41-33/h2-14,19-21,28H,15-18,22-23H2,1H3,(H,39,46)(H,40,41). The van der Waals surface area contributed by atoms with Crippen LogP contribution in [-0.2, 0) is 17.9 Å². The summed E-state index contributed by atoms with van der Waals surface area (Å²) >= 11 is 0. The molecule has 0 atom stereocenters. The highest BCUT2D eigenvalue weighted by molar-refractivity contribution is 5.90. The van der Waals surface area contributed by atoms with Gasteiger partial charge in [-0.2, -0.15) is 9.61 Å². The largest absolute Gasteiger partial charge is 0.349 e. The van der Waals surface area contributed by atoms with Crippen LogP contribution in [0.2, 0.25) is 0 Å². The highest BCUT2D eigenvalue weighted by Gasteiger charge is 2.25. The van der Waals surface area contributed by atoms with E-state index in [4.69, 9.17) is 4.98 Å². The Morgan fingerprint density at radius 3 is 2.50 bits per heavy atom. The number of nitrogens with zero attached hydrogens (tertiary/aromatic N) is 6. The second-order valence-corrected chi connectivity index (χ2v) is 12.1. The first kappa shape index (κ1) is 28.1. The third-order valence-electron chi connectivity index (χ3n) is 8.93. The van der Waals surface area contributed by atoms with Crippen LogP contribution >= 0.6 is 0 Å². The maximum Gasteiger partial charge on any atom is 0.223 e. The summed E-state index contributed by atoms with van der Waals surface area (Å²) in [7, 11) is 0. The van der Waals surface area contributed by atoms with Gasteiger partial charge in [0.05, 0.1) is 29.0 Å². The fraction of sp³-hybridized carbons (Fsp3) is 0.216. The van der Waals surface area contributed by atoms with Gasteiger partial charge in [0.15, 0.2) is 11.3 Å². The van der Waals surface area contributed by atoms with E-state index >= 15 is 0 Å². The lowest BCUT2D eigenvalue weighted by Crippen LogP contribution is -2.40. The van der Waals surface area contributed by atoms with Gasteiger partial charge in [-0.3, -0.25) is 9.69 Å². The van der Waals surface area contributed by atoms with Crippen LogP contribution in [0.1, 0.15) is 29.9 Å². The summed E-state index contributed by atoms with van der Waals surface area (Å²) in [4.78, 5) is 33.0. The Bertz CT molecular complexity index is 2140. The molecule has 1 amide bonds. The summed E-state index contributed by atoms with van der Waals surface area (Å²) in [5.74, 6) is 0.922. The summed E-state index contributed by atoms with van der Waals surface area (Å²) in [6.45, 7) is 5.02. The minimum atomic E-state index is 0.0265. The molecule has 0 radical (unpaired) electrons. The van der Waals surface area contributed by atoms with Gasteiger partial charge >= 0.3 is 0 Å². The molecule has 228 valence electrons. The number of nitrogens with one attached hydrogen (secondary N) is 2. The lowest BCUT2D eigenvalue weighted by Gasteiger charge is -2.31. The SMILES string of the molecule is Cc1cc2ncc3cc(-c4ccccc4)c(-c4ccc(CN5CCC(C(=O)NCc6nc7ccccc7[nH]6)CC5)cc4)nc3n2n1. The normalized spacial score (nSPS) is 14.4. The molecule has 46 heavy (non-hydrogen) atoms. The highest BCUT2D eigenvalue weighted by Crippen LogP contribution is 2.34. The van der Waals surface area contributed by atoms with Gasteiger partial charge in [0.25, 0.3) is 0 Å². The highest BCUT2D eigenvalue weighted by atomic mass is 16.1. The van der Waals surface area contributed by atoms with Crippen LogP contribution in [0.15, 0.2) is 97.2 Å². The quantitative estimate of drug-likeness (QED) is 0.220. The molecule has 9 heteroatoms. The Labute approximate surface area is 266 Å². The molecule has 1 fully saturated rings.